The Morgan fingerprint density at radius 3 is 2.09 bits per heavy atom. The van der Waals surface area contributed by atoms with Crippen molar-refractivity contribution in [2.75, 3.05) is 10.6 Å². The summed E-state index contributed by atoms with van der Waals surface area (Å²) in [7, 11) is 0. The van der Waals surface area contributed by atoms with Crippen molar-refractivity contribution in [1.82, 2.24) is 0 Å². The molecule has 0 saturated heterocycles. The van der Waals surface area contributed by atoms with Gasteiger partial charge in [0.05, 0.1) is 10.0 Å². The van der Waals surface area contributed by atoms with Crippen molar-refractivity contribution >= 4 is 46.6 Å². The fourth-order valence-corrected chi connectivity index (χ4v) is 1.95. The topological polar surface area (TPSA) is 98.7 Å². The molecule has 4 N–H and O–H groups in total. The number of nitrogens with one attached hydrogen (secondary N) is 2. The van der Waals surface area contributed by atoms with Gasteiger partial charge < -0.3 is 20.8 Å². The monoisotopic (exact) mass is 340 g/mol. The molecule has 0 saturated carbocycles. The highest BCUT2D eigenvalue weighted by molar-refractivity contribution is 6.42. The number of carbonyl (C=O) groups is 2. The van der Waals surface area contributed by atoms with Gasteiger partial charge in [-0.3, -0.25) is 0 Å². The molecule has 22 heavy (non-hydrogen) atoms. The van der Waals surface area contributed by atoms with E-state index in [1.807, 2.05) is 0 Å². The zero-order valence-corrected chi connectivity index (χ0v) is 12.4. The molecule has 0 unspecified atom stereocenters. The van der Waals surface area contributed by atoms with Crippen LogP contribution in [0.1, 0.15) is 10.4 Å². The van der Waals surface area contributed by atoms with Crippen molar-refractivity contribution in [3.63, 3.8) is 0 Å². The lowest BCUT2D eigenvalue weighted by molar-refractivity contribution is 0.0693. The van der Waals surface area contributed by atoms with Gasteiger partial charge in [-0.2, -0.15) is 0 Å². The maximum Gasteiger partial charge on any atom is 0.339 e. The van der Waals surface area contributed by atoms with Crippen LogP contribution in [0.5, 0.6) is 5.75 Å². The van der Waals surface area contributed by atoms with Gasteiger partial charge >= 0.3 is 12.0 Å². The summed E-state index contributed by atoms with van der Waals surface area (Å²) in [5.41, 5.74) is 0.323. The Hall–Kier alpha value is -2.44. The summed E-state index contributed by atoms with van der Waals surface area (Å²) < 4.78 is 0. The van der Waals surface area contributed by atoms with Gasteiger partial charge in [0, 0.05) is 11.4 Å². The number of urea groups is 1. The third-order valence-corrected chi connectivity index (χ3v) is 3.40. The molecule has 8 heteroatoms. The van der Waals surface area contributed by atoms with E-state index in [1.165, 1.54) is 24.3 Å². The number of halogens is 2. The van der Waals surface area contributed by atoms with Crippen LogP contribution in [0.25, 0.3) is 0 Å². The predicted molar refractivity (Wildman–Crippen MR) is 84.2 cm³/mol. The number of amides is 2. The van der Waals surface area contributed by atoms with Crippen molar-refractivity contribution in [3.05, 3.63) is 52.0 Å². The molecule has 2 aromatic carbocycles. The maximum absolute atomic E-state index is 11.8. The number of carboxylic acids is 1. The second-order valence-electron chi connectivity index (χ2n) is 4.25. The Labute approximate surface area is 135 Å². The number of aromatic carboxylic acids is 1. The minimum absolute atomic E-state index is 0.216. The van der Waals surface area contributed by atoms with Crippen LogP contribution >= 0.6 is 23.2 Å². The van der Waals surface area contributed by atoms with Crippen molar-refractivity contribution in [1.29, 1.82) is 0 Å². The number of hydrogen-bond donors (Lipinski definition) is 4. The van der Waals surface area contributed by atoms with Crippen LogP contribution in [0.3, 0.4) is 0 Å². The molecule has 0 heterocycles. The number of carbonyl (C=O) groups excluding carboxylic acids is 1. The van der Waals surface area contributed by atoms with Crippen LogP contribution in [-0.2, 0) is 0 Å². The van der Waals surface area contributed by atoms with Crippen molar-refractivity contribution in [2.24, 2.45) is 0 Å². The van der Waals surface area contributed by atoms with Crippen LogP contribution in [-0.4, -0.2) is 22.2 Å². The Morgan fingerprint density at radius 1 is 0.909 bits per heavy atom. The Balaban J connectivity index is 2.10. The van der Waals surface area contributed by atoms with Crippen LogP contribution < -0.4 is 10.6 Å². The Bertz CT molecular complexity index is 750. The van der Waals surface area contributed by atoms with Gasteiger partial charge in [-0.05, 0) is 36.4 Å². The SMILES string of the molecule is O=C(Nc1ccc(Cl)c(Cl)c1)Nc1ccc(O)c(C(=O)O)c1. The molecule has 2 amide bonds. The highest BCUT2D eigenvalue weighted by Gasteiger charge is 2.11. The first-order chi connectivity index (χ1) is 10.4. The fraction of sp³-hybridized carbons (Fsp3) is 0. The van der Waals surface area contributed by atoms with E-state index in [4.69, 9.17) is 28.3 Å². The van der Waals surface area contributed by atoms with E-state index in [1.54, 1.807) is 6.07 Å². The molecule has 6 nitrogen and oxygen atoms in total. The van der Waals surface area contributed by atoms with Crippen LogP contribution in [0, 0.1) is 0 Å². The number of hydrogen-bond acceptors (Lipinski definition) is 3. The molecule has 0 aliphatic rings. The van der Waals surface area contributed by atoms with Crippen molar-refractivity contribution < 1.29 is 19.8 Å². The average Bonchev–Trinajstić information content (AvgIpc) is 2.44. The summed E-state index contributed by atoms with van der Waals surface area (Å²) in [6.45, 7) is 0. The molecular formula is C14H10Cl2N2O4. The lowest BCUT2D eigenvalue weighted by atomic mass is 10.2. The first-order valence-electron chi connectivity index (χ1n) is 5.96. The van der Waals surface area contributed by atoms with Crippen molar-refractivity contribution in [3.8, 4) is 5.75 Å². The first kappa shape index (κ1) is 15.9. The highest BCUT2D eigenvalue weighted by Crippen LogP contribution is 2.25. The number of anilines is 2. The lowest BCUT2D eigenvalue weighted by Crippen LogP contribution is -2.19. The van der Waals surface area contributed by atoms with E-state index < -0.39 is 12.0 Å². The molecule has 0 bridgehead atoms. The quantitative estimate of drug-likeness (QED) is 0.633. The van der Waals surface area contributed by atoms with E-state index in [9.17, 15) is 14.7 Å². The largest absolute Gasteiger partial charge is 0.507 e. The number of aromatic hydroxyl groups is 1. The van der Waals surface area contributed by atoms with Crippen molar-refractivity contribution in [2.45, 2.75) is 0 Å². The third kappa shape index (κ3) is 3.81. The summed E-state index contributed by atoms with van der Waals surface area (Å²) in [5.74, 6) is -1.69. The van der Waals surface area contributed by atoms with Gasteiger partial charge in [0.25, 0.3) is 0 Å². The second-order valence-corrected chi connectivity index (χ2v) is 5.06. The molecule has 0 aromatic heterocycles. The molecule has 114 valence electrons. The van der Waals surface area contributed by atoms with E-state index in [-0.39, 0.29) is 22.0 Å². The average molecular weight is 341 g/mol. The summed E-state index contributed by atoms with van der Waals surface area (Å²) >= 11 is 11.6. The second kappa shape index (κ2) is 6.55. The molecule has 2 aromatic rings. The number of benzene rings is 2. The molecule has 0 fully saturated rings. The van der Waals surface area contributed by atoms with Gasteiger partial charge in [0.2, 0.25) is 0 Å². The van der Waals surface area contributed by atoms with Crippen LogP contribution in [0.2, 0.25) is 10.0 Å². The molecule has 2 rings (SSSR count). The number of carboxylic acid groups (broad SMARTS) is 1. The van der Waals surface area contributed by atoms with Crippen LogP contribution in [0.15, 0.2) is 36.4 Å². The molecular weight excluding hydrogens is 331 g/mol. The Kier molecular flexibility index (Phi) is 4.75. The standard InChI is InChI=1S/C14H10Cl2N2O4/c15-10-3-1-8(6-11(10)16)18-14(22)17-7-2-4-12(19)9(5-7)13(20)21/h1-6,19H,(H,20,21)(H2,17,18,22). The highest BCUT2D eigenvalue weighted by atomic mass is 35.5. The van der Waals surface area contributed by atoms with E-state index in [0.29, 0.717) is 10.7 Å². The lowest BCUT2D eigenvalue weighted by Gasteiger charge is -2.09. The minimum Gasteiger partial charge on any atom is -0.507 e. The first-order valence-corrected chi connectivity index (χ1v) is 6.72. The summed E-state index contributed by atoms with van der Waals surface area (Å²) in [4.78, 5) is 22.7. The summed E-state index contributed by atoms with van der Waals surface area (Å²) in [6, 6.07) is 7.67. The van der Waals surface area contributed by atoms with E-state index >= 15 is 0 Å². The third-order valence-electron chi connectivity index (χ3n) is 2.66. The molecule has 0 aliphatic heterocycles. The zero-order valence-electron chi connectivity index (χ0n) is 10.9. The smallest absolute Gasteiger partial charge is 0.339 e. The van der Waals surface area contributed by atoms with Crippen LogP contribution in [0.4, 0.5) is 16.2 Å². The minimum atomic E-state index is -1.30. The van der Waals surface area contributed by atoms with Gasteiger partial charge in [0.15, 0.2) is 0 Å². The summed E-state index contributed by atoms with van der Waals surface area (Å²) in [6.07, 6.45) is 0. The van der Waals surface area contributed by atoms with Gasteiger partial charge in [-0.15, -0.1) is 0 Å². The molecule has 0 atom stereocenters. The zero-order chi connectivity index (χ0) is 16.3. The number of rotatable bonds is 3. The molecule has 0 aliphatic carbocycles. The predicted octanol–water partition coefficient (Wildman–Crippen LogP) is 4.04. The fourth-order valence-electron chi connectivity index (χ4n) is 1.65. The Morgan fingerprint density at radius 2 is 1.50 bits per heavy atom. The summed E-state index contributed by atoms with van der Waals surface area (Å²) in [5, 5.41) is 23.9. The van der Waals surface area contributed by atoms with Gasteiger partial charge in [-0.25, -0.2) is 9.59 Å². The number of phenols is 1. The van der Waals surface area contributed by atoms with E-state index in [0.717, 1.165) is 6.07 Å². The van der Waals surface area contributed by atoms with Gasteiger partial charge in [-0.1, -0.05) is 23.2 Å². The normalized spacial score (nSPS) is 10.1. The molecule has 0 radical (unpaired) electrons. The van der Waals surface area contributed by atoms with Gasteiger partial charge in [0.1, 0.15) is 11.3 Å². The maximum atomic E-state index is 11.8. The molecule has 0 spiro atoms. The van der Waals surface area contributed by atoms with E-state index in [2.05, 4.69) is 10.6 Å².